The molecule has 0 aliphatic rings. The van der Waals surface area contributed by atoms with E-state index in [2.05, 4.69) is 0 Å². The van der Waals surface area contributed by atoms with Crippen molar-refractivity contribution in [3.8, 4) is 0 Å². The number of aliphatic carboxylic acids is 1. The van der Waals surface area contributed by atoms with E-state index < -0.39 is 12.0 Å². The summed E-state index contributed by atoms with van der Waals surface area (Å²) in [5.41, 5.74) is 5.89. The monoisotopic (exact) mass is 284 g/mol. The van der Waals surface area contributed by atoms with E-state index in [4.69, 9.17) is 10.8 Å². The second kappa shape index (κ2) is 6.88. The van der Waals surface area contributed by atoms with Crippen LogP contribution in [0.15, 0.2) is 11.6 Å². The Kier molecular flexibility index (Phi) is 6.41. The van der Waals surface area contributed by atoms with Gasteiger partial charge in [0, 0.05) is 12.6 Å². The molecule has 3 N–H and O–H groups in total. The maximum absolute atomic E-state index is 12.4. The Bertz CT molecular complexity index is 394. The highest BCUT2D eigenvalue weighted by Crippen LogP contribution is 2.21. The SMILES string of the molecule is CC(=CC(C(C)C)N(C)C(=O)C(N)C(C)(C)C)C(=O)O. The molecule has 0 aromatic rings. The van der Waals surface area contributed by atoms with Gasteiger partial charge in [-0.25, -0.2) is 4.79 Å². The molecule has 0 spiro atoms. The van der Waals surface area contributed by atoms with Gasteiger partial charge in [-0.15, -0.1) is 0 Å². The predicted octanol–water partition coefficient (Wildman–Crippen LogP) is 1.87. The van der Waals surface area contributed by atoms with Gasteiger partial charge in [-0.1, -0.05) is 40.7 Å². The highest BCUT2D eigenvalue weighted by atomic mass is 16.4. The Morgan fingerprint density at radius 1 is 1.25 bits per heavy atom. The lowest BCUT2D eigenvalue weighted by atomic mass is 9.86. The van der Waals surface area contributed by atoms with Crippen molar-refractivity contribution in [3.05, 3.63) is 11.6 Å². The van der Waals surface area contributed by atoms with Gasteiger partial charge in [0.05, 0.1) is 12.1 Å². The van der Waals surface area contributed by atoms with Gasteiger partial charge in [0.15, 0.2) is 0 Å². The number of amides is 1. The topological polar surface area (TPSA) is 83.6 Å². The van der Waals surface area contributed by atoms with Crippen LogP contribution in [-0.4, -0.2) is 41.0 Å². The van der Waals surface area contributed by atoms with E-state index in [1.165, 1.54) is 6.92 Å². The Labute approximate surface area is 121 Å². The first-order chi connectivity index (χ1) is 8.89. The quantitative estimate of drug-likeness (QED) is 0.755. The van der Waals surface area contributed by atoms with E-state index in [0.29, 0.717) is 0 Å². The molecule has 20 heavy (non-hydrogen) atoms. The summed E-state index contributed by atoms with van der Waals surface area (Å²) >= 11 is 0. The van der Waals surface area contributed by atoms with Crippen LogP contribution in [0.5, 0.6) is 0 Å². The molecule has 0 heterocycles. The predicted molar refractivity (Wildman–Crippen MR) is 80.2 cm³/mol. The molecule has 5 heteroatoms. The molecule has 0 aromatic heterocycles. The molecule has 0 fully saturated rings. The Morgan fingerprint density at radius 3 is 2.00 bits per heavy atom. The Morgan fingerprint density at radius 2 is 1.70 bits per heavy atom. The van der Waals surface area contributed by atoms with E-state index in [9.17, 15) is 9.59 Å². The molecule has 0 radical (unpaired) electrons. The first-order valence-electron chi connectivity index (χ1n) is 6.83. The Hall–Kier alpha value is -1.36. The van der Waals surface area contributed by atoms with Gasteiger partial charge in [-0.3, -0.25) is 4.79 Å². The third kappa shape index (κ3) is 4.96. The Balaban J connectivity index is 5.28. The number of likely N-dealkylation sites (N-methyl/N-ethyl adjacent to an activating group) is 1. The maximum atomic E-state index is 12.4. The van der Waals surface area contributed by atoms with Crippen LogP contribution in [0.1, 0.15) is 41.5 Å². The standard InChI is InChI=1S/C15H28N2O3/c1-9(2)11(8-10(3)14(19)20)17(7)13(18)12(16)15(4,5)6/h8-9,11-12H,16H2,1-7H3,(H,19,20). The van der Waals surface area contributed by atoms with E-state index in [1.807, 2.05) is 34.6 Å². The molecule has 0 bridgehead atoms. The number of nitrogens with zero attached hydrogens (tertiary/aromatic N) is 1. The van der Waals surface area contributed by atoms with Crippen LogP contribution < -0.4 is 5.73 Å². The summed E-state index contributed by atoms with van der Waals surface area (Å²) in [6.45, 7) is 11.1. The molecule has 0 aromatic carbocycles. The summed E-state index contributed by atoms with van der Waals surface area (Å²) in [7, 11) is 1.67. The summed E-state index contributed by atoms with van der Waals surface area (Å²) in [6.07, 6.45) is 1.61. The van der Waals surface area contributed by atoms with Crippen molar-refractivity contribution >= 4 is 11.9 Å². The highest BCUT2D eigenvalue weighted by molar-refractivity contribution is 5.86. The number of carbonyl (C=O) groups is 2. The fourth-order valence-corrected chi connectivity index (χ4v) is 1.82. The van der Waals surface area contributed by atoms with Crippen LogP contribution in [0.25, 0.3) is 0 Å². The largest absolute Gasteiger partial charge is 0.478 e. The van der Waals surface area contributed by atoms with Gasteiger partial charge in [0.2, 0.25) is 5.91 Å². The average molecular weight is 284 g/mol. The minimum absolute atomic E-state index is 0.102. The second-order valence-corrected chi connectivity index (χ2v) is 6.68. The maximum Gasteiger partial charge on any atom is 0.331 e. The molecule has 0 saturated carbocycles. The number of nitrogens with two attached hydrogens (primary N) is 1. The van der Waals surface area contributed by atoms with Crippen molar-refractivity contribution in [1.82, 2.24) is 4.90 Å². The zero-order valence-electron chi connectivity index (χ0n) is 13.6. The van der Waals surface area contributed by atoms with Gasteiger partial charge in [-0.05, 0) is 18.3 Å². The summed E-state index contributed by atoms with van der Waals surface area (Å²) in [5, 5.41) is 8.98. The summed E-state index contributed by atoms with van der Waals surface area (Å²) in [4.78, 5) is 24.9. The molecular weight excluding hydrogens is 256 g/mol. The van der Waals surface area contributed by atoms with Crippen molar-refractivity contribution in [1.29, 1.82) is 0 Å². The van der Waals surface area contributed by atoms with E-state index >= 15 is 0 Å². The lowest BCUT2D eigenvalue weighted by molar-refractivity contribution is -0.136. The molecule has 0 saturated heterocycles. The number of carbonyl (C=O) groups excluding carboxylic acids is 1. The first kappa shape index (κ1) is 18.6. The lowest BCUT2D eigenvalue weighted by Gasteiger charge is -2.35. The van der Waals surface area contributed by atoms with Gasteiger partial charge >= 0.3 is 5.97 Å². The van der Waals surface area contributed by atoms with Gasteiger partial charge in [-0.2, -0.15) is 0 Å². The number of carboxylic acids is 1. The normalized spacial score (nSPS) is 15.9. The number of carboxylic acid groups (broad SMARTS) is 1. The second-order valence-electron chi connectivity index (χ2n) is 6.68. The fourth-order valence-electron chi connectivity index (χ4n) is 1.82. The minimum Gasteiger partial charge on any atom is -0.478 e. The molecule has 2 atom stereocenters. The third-order valence-corrected chi connectivity index (χ3v) is 3.44. The van der Waals surface area contributed by atoms with Crippen LogP contribution in [0.2, 0.25) is 0 Å². The van der Waals surface area contributed by atoms with Gasteiger partial charge < -0.3 is 15.7 Å². The van der Waals surface area contributed by atoms with Crippen LogP contribution in [0.3, 0.4) is 0 Å². The molecule has 0 rings (SSSR count). The number of hydrogen-bond acceptors (Lipinski definition) is 3. The van der Waals surface area contributed by atoms with Crippen LogP contribution in [0, 0.1) is 11.3 Å². The van der Waals surface area contributed by atoms with Crippen molar-refractivity contribution in [3.63, 3.8) is 0 Å². The van der Waals surface area contributed by atoms with Crippen molar-refractivity contribution in [2.45, 2.75) is 53.6 Å². The zero-order chi connectivity index (χ0) is 16.2. The van der Waals surface area contributed by atoms with Gasteiger partial charge in [0.1, 0.15) is 0 Å². The fraction of sp³-hybridized carbons (Fsp3) is 0.733. The van der Waals surface area contributed by atoms with Crippen molar-refractivity contribution in [2.24, 2.45) is 17.1 Å². The lowest BCUT2D eigenvalue weighted by Crippen LogP contribution is -2.52. The highest BCUT2D eigenvalue weighted by Gasteiger charge is 2.32. The summed E-state index contributed by atoms with van der Waals surface area (Å²) in [5.74, 6) is -1.05. The van der Waals surface area contributed by atoms with Crippen LogP contribution >= 0.6 is 0 Å². The van der Waals surface area contributed by atoms with Crippen LogP contribution in [-0.2, 0) is 9.59 Å². The molecular formula is C15H28N2O3. The molecule has 5 nitrogen and oxygen atoms in total. The van der Waals surface area contributed by atoms with Crippen molar-refractivity contribution in [2.75, 3.05) is 7.05 Å². The average Bonchev–Trinajstić information content (AvgIpc) is 2.31. The van der Waals surface area contributed by atoms with E-state index in [-0.39, 0.29) is 28.9 Å². The number of rotatable bonds is 5. The minimum atomic E-state index is -0.975. The first-order valence-corrected chi connectivity index (χ1v) is 6.83. The number of hydrogen-bond donors (Lipinski definition) is 2. The molecule has 0 aliphatic heterocycles. The molecule has 1 amide bonds. The van der Waals surface area contributed by atoms with E-state index in [1.54, 1.807) is 18.0 Å². The molecule has 0 aliphatic carbocycles. The van der Waals surface area contributed by atoms with E-state index in [0.717, 1.165) is 0 Å². The molecule has 116 valence electrons. The summed E-state index contributed by atoms with van der Waals surface area (Å²) < 4.78 is 0. The van der Waals surface area contributed by atoms with Gasteiger partial charge in [0.25, 0.3) is 0 Å². The van der Waals surface area contributed by atoms with Crippen LogP contribution in [0.4, 0.5) is 0 Å². The van der Waals surface area contributed by atoms with Crippen molar-refractivity contribution < 1.29 is 14.7 Å². The summed E-state index contributed by atoms with van der Waals surface area (Å²) in [6, 6.07) is -0.903. The third-order valence-electron chi connectivity index (χ3n) is 3.44. The zero-order valence-corrected chi connectivity index (χ0v) is 13.6. The molecule has 2 unspecified atom stereocenters. The smallest absolute Gasteiger partial charge is 0.331 e.